The third-order valence-corrected chi connectivity index (χ3v) is 5.54. The van der Waals surface area contributed by atoms with Gasteiger partial charge in [0.1, 0.15) is 0 Å². The van der Waals surface area contributed by atoms with Gasteiger partial charge in [0.25, 0.3) is 0 Å². The molecule has 0 heterocycles. The summed E-state index contributed by atoms with van der Waals surface area (Å²) in [5.41, 5.74) is 1.89. The Balaban J connectivity index is 3.10. The van der Waals surface area contributed by atoms with Gasteiger partial charge in [-0.15, -0.1) is 0 Å². The number of sulfonamides is 1. The molecule has 0 aromatic heterocycles. The number of nitrogens with zero attached hydrogens (tertiary/aromatic N) is 1. The second-order valence-corrected chi connectivity index (χ2v) is 7.01. The Labute approximate surface area is 118 Å². The molecule has 0 spiro atoms. The molecule has 0 radical (unpaired) electrons. The first-order valence-electron chi connectivity index (χ1n) is 6.06. The van der Waals surface area contributed by atoms with Crippen LogP contribution in [0.15, 0.2) is 23.1 Å². The van der Waals surface area contributed by atoms with Gasteiger partial charge in [-0.05, 0) is 31.9 Å². The molecule has 0 saturated heterocycles. The molecule has 0 amide bonds. The van der Waals surface area contributed by atoms with E-state index in [0.717, 1.165) is 22.9 Å². The molecule has 0 N–H and O–H groups in total. The maximum Gasteiger partial charge on any atom is 0.243 e. The van der Waals surface area contributed by atoms with Crippen molar-refractivity contribution in [2.75, 3.05) is 18.4 Å². The highest BCUT2D eigenvalue weighted by molar-refractivity contribution is 9.09. The van der Waals surface area contributed by atoms with Crippen LogP contribution >= 0.6 is 15.9 Å². The normalized spacial score (nSPS) is 12.1. The number of alkyl halides is 1. The van der Waals surface area contributed by atoms with Crippen LogP contribution in [0.3, 0.4) is 0 Å². The molecule has 5 heteroatoms. The highest BCUT2D eigenvalue weighted by Gasteiger charge is 2.24. The summed E-state index contributed by atoms with van der Waals surface area (Å²) in [5, 5.41) is 0.811. The molecule has 0 aliphatic rings. The number of hydrogen-bond acceptors (Lipinski definition) is 2. The number of hydrogen-bond donors (Lipinski definition) is 0. The molecule has 102 valence electrons. The smallest absolute Gasteiger partial charge is 0.207 e. The van der Waals surface area contributed by atoms with Crippen molar-refractivity contribution in [2.45, 2.75) is 32.1 Å². The monoisotopic (exact) mass is 333 g/mol. The summed E-state index contributed by atoms with van der Waals surface area (Å²) in [7, 11) is -3.36. The van der Waals surface area contributed by atoms with E-state index in [0.29, 0.717) is 18.0 Å². The first-order valence-corrected chi connectivity index (χ1v) is 8.63. The maximum absolute atomic E-state index is 12.5. The van der Waals surface area contributed by atoms with E-state index in [4.69, 9.17) is 0 Å². The Bertz CT molecular complexity index is 500. The fourth-order valence-electron chi connectivity index (χ4n) is 1.91. The highest BCUT2D eigenvalue weighted by atomic mass is 79.9. The second kappa shape index (κ2) is 6.68. The maximum atomic E-state index is 12.5. The van der Waals surface area contributed by atoms with Crippen LogP contribution in [0.5, 0.6) is 0 Å². The summed E-state index contributed by atoms with van der Waals surface area (Å²) in [6, 6.07) is 5.46. The first-order chi connectivity index (χ1) is 8.43. The summed E-state index contributed by atoms with van der Waals surface area (Å²) in [4.78, 5) is 0.421. The SMILES string of the molecule is CCN(CCCBr)S(=O)(=O)c1ccc(C)cc1C. The van der Waals surface area contributed by atoms with E-state index >= 15 is 0 Å². The minimum Gasteiger partial charge on any atom is -0.207 e. The van der Waals surface area contributed by atoms with Crippen LogP contribution in [0, 0.1) is 13.8 Å². The Morgan fingerprint density at radius 2 is 1.94 bits per heavy atom. The van der Waals surface area contributed by atoms with Gasteiger partial charge in [0.15, 0.2) is 0 Å². The Morgan fingerprint density at radius 3 is 2.44 bits per heavy atom. The standard InChI is InChI=1S/C13H20BrNO2S/c1-4-15(9-5-8-14)18(16,17)13-7-6-11(2)10-12(13)3/h6-7,10H,4-5,8-9H2,1-3H3. The van der Waals surface area contributed by atoms with Gasteiger partial charge in [-0.2, -0.15) is 4.31 Å². The third-order valence-electron chi connectivity index (χ3n) is 2.84. The van der Waals surface area contributed by atoms with Crippen molar-refractivity contribution >= 4 is 26.0 Å². The Kier molecular flexibility index (Phi) is 5.82. The minimum atomic E-state index is -3.36. The fourth-order valence-corrected chi connectivity index (χ4v) is 3.86. The van der Waals surface area contributed by atoms with Crippen LogP contribution in [0.25, 0.3) is 0 Å². The van der Waals surface area contributed by atoms with E-state index in [1.807, 2.05) is 32.9 Å². The topological polar surface area (TPSA) is 37.4 Å². The van der Waals surface area contributed by atoms with E-state index in [9.17, 15) is 8.42 Å². The lowest BCUT2D eigenvalue weighted by Gasteiger charge is -2.21. The lowest BCUT2D eigenvalue weighted by molar-refractivity contribution is 0.428. The fraction of sp³-hybridized carbons (Fsp3) is 0.538. The van der Waals surface area contributed by atoms with E-state index < -0.39 is 10.0 Å². The number of rotatable bonds is 6. The van der Waals surface area contributed by atoms with Crippen LogP contribution in [0.4, 0.5) is 0 Å². The number of halogens is 1. The predicted molar refractivity (Wildman–Crippen MR) is 78.8 cm³/mol. The summed E-state index contributed by atoms with van der Waals surface area (Å²) in [6.45, 7) is 6.74. The van der Waals surface area contributed by atoms with Crippen LogP contribution in [0.2, 0.25) is 0 Å². The summed E-state index contributed by atoms with van der Waals surface area (Å²) in [6.07, 6.45) is 0.817. The van der Waals surface area contributed by atoms with Gasteiger partial charge in [-0.25, -0.2) is 8.42 Å². The van der Waals surface area contributed by atoms with E-state index in [2.05, 4.69) is 15.9 Å². The predicted octanol–water partition coefficient (Wildman–Crippen LogP) is 3.10. The van der Waals surface area contributed by atoms with Gasteiger partial charge in [-0.3, -0.25) is 0 Å². The molecule has 1 aromatic rings. The summed E-state index contributed by atoms with van der Waals surface area (Å²) >= 11 is 3.33. The van der Waals surface area contributed by atoms with Gasteiger partial charge in [0.05, 0.1) is 4.90 Å². The zero-order valence-electron chi connectivity index (χ0n) is 11.1. The molecule has 0 atom stereocenters. The average Bonchev–Trinajstić information content (AvgIpc) is 2.29. The average molecular weight is 334 g/mol. The van der Waals surface area contributed by atoms with Gasteiger partial charge in [-0.1, -0.05) is 40.5 Å². The summed E-state index contributed by atoms with van der Waals surface area (Å²) in [5.74, 6) is 0. The molecule has 0 unspecified atom stereocenters. The number of aryl methyl sites for hydroxylation is 2. The molecule has 3 nitrogen and oxygen atoms in total. The second-order valence-electron chi connectivity index (χ2n) is 4.31. The molecule has 0 saturated carbocycles. The summed E-state index contributed by atoms with van der Waals surface area (Å²) < 4.78 is 26.6. The van der Waals surface area contributed by atoms with Gasteiger partial charge >= 0.3 is 0 Å². The van der Waals surface area contributed by atoms with Crippen molar-refractivity contribution in [3.8, 4) is 0 Å². The van der Waals surface area contributed by atoms with E-state index in [1.165, 1.54) is 4.31 Å². The lowest BCUT2D eigenvalue weighted by atomic mass is 10.2. The molecule has 0 fully saturated rings. The minimum absolute atomic E-state index is 0.421. The van der Waals surface area contributed by atoms with Crippen molar-refractivity contribution in [2.24, 2.45) is 0 Å². The lowest BCUT2D eigenvalue weighted by Crippen LogP contribution is -2.32. The molecule has 1 aromatic carbocycles. The number of benzene rings is 1. The molecule has 0 aliphatic heterocycles. The van der Waals surface area contributed by atoms with Crippen molar-refractivity contribution in [3.05, 3.63) is 29.3 Å². The first kappa shape index (κ1) is 15.7. The van der Waals surface area contributed by atoms with Crippen LogP contribution in [-0.4, -0.2) is 31.1 Å². The van der Waals surface area contributed by atoms with Gasteiger partial charge < -0.3 is 0 Å². The molecule has 0 bridgehead atoms. The zero-order chi connectivity index (χ0) is 13.8. The molecular formula is C13H20BrNO2S. The molecule has 18 heavy (non-hydrogen) atoms. The highest BCUT2D eigenvalue weighted by Crippen LogP contribution is 2.21. The zero-order valence-corrected chi connectivity index (χ0v) is 13.5. The molecule has 1 rings (SSSR count). The Hall–Kier alpha value is -0.390. The van der Waals surface area contributed by atoms with Crippen molar-refractivity contribution in [3.63, 3.8) is 0 Å². The van der Waals surface area contributed by atoms with Crippen LogP contribution in [-0.2, 0) is 10.0 Å². The van der Waals surface area contributed by atoms with E-state index in [-0.39, 0.29) is 0 Å². The Morgan fingerprint density at radius 1 is 1.28 bits per heavy atom. The van der Waals surface area contributed by atoms with Crippen LogP contribution in [0.1, 0.15) is 24.5 Å². The van der Waals surface area contributed by atoms with E-state index in [1.54, 1.807) is 6.07 Å². The van der Waals surface area contributed by atoms with Crippen molar-refractivity contribution < 1.29 is 8.42 Å². The quantitative estimate of drug-likeness (QED) is 0.750. The molecular weight excluding hydrogens is 314 g/mol. The van der Waals surface area contributed by atoms with Gasteiger partial charge in [0.2, 0.25) is 10.0 Å². The largest absolute Gasteiger partial charge is 0.243 e. The van der Waals surface area contributed by atoms with Crippen molar-refractivity contribution in [1.82, 2.24) is 4.31 Å². The van der Waals surface area contributed by atoms with Crippen LogP contribution < -0.4 is 0 Å². The van der Waals surface area contributed by atoms with Gasteiger partial charge in [0, 0.05) is 18.4 Å². The van der Waals surface area contributed by atoms with Crippen molar-refractivity contribution in [1.29, 1.82) is 0 Å². The third kappa shape index (κ3) is 3.56. The molecule has 0 aliphatic carbocycles.